The van der Waals surface area contributed by atoms with E-state index >= 15 is 0 Å². The molecule has 0 radical (unpaired) electrons. The van der Waals surface area contributed by atoms with Crippen LogP contribution in [0.15, 0.2) is 24.3 Å². The van der Waals surface area contributed by atoms with Crippen molar-refractivity contribution in [3.8, 4) is 5.88 Å². The number of nitrogens with zero attached hydrogens (tertiary/aromatic N) is 2. The average Bonchev–Trinajstić information content (AvgIpc) is 2.49. The topological polar surface area (TPSA) is 102 Å². The molecule has 2 amide bonds. The van der Waals surface area contributed by atoms with Gasteiger partial charge in [-0.05, 0) is 28.7 Å². The first-order chi connectivity index (χ1) is 10.1. The highest BCUT2D eigenvalue weighted by molar-refractivity contribution is 14.1. The van der Waals surface area contributed by atoms with Gasteiger partial charge in [-0.2, -0.15) is 0 Å². The molecule has 0 aliphatic carbocycles. The van der Waals surface area contributed by atoms with Crippen molar-refractivity contribution in [2.75, 3.05) is 26.8 Å². The number of ether oxygens (including phenoxy) is 2. The second-order valence-corrected chi connectivity index (χ2v) is 4.68. The lowest BCUT2D eigenvalue weighted by Crippen LogP contribution is -2.26. The Kier molecular flexibility index (Phi) is 8.09. The number of alkyl carbamates (subject to hydrolysis) is 1. The smallest absolute Gasteiger partial charge is 0.407 e. The molecule has 0 saturated heterocycles. The van der Waals surface area contributed by atoms with E-state index in [1.165, 1.54) is 19.2 Å². The summed E-state index contributed by atoms with van der Waals surface area (Å²) in [6, 6.07) is 3.44. The molecule has 0 bridgehead atoms. The molecule has 1 aromatic rings. The first kappa shape index (κ1) is 17.1. The van der Waals surface area contributed by atoms with Crippen LogP contribution in [0.2, 0.25) is 0 Å². The number of likely N-dealkylation sites (N-methyl/N-ethyl adjacent to an activating group) is 1. The number of halogens is 1. The molecule has 2 N–H and O–H groups in total. The molecule has 0 aromatic carbocycles. The predicted octanol–water partition coefficient (Wildman–Crippen LogP) is 0.488. The van der Waals surface area contributed by atoms with Gasteiger partial charge in [-0.25, -0.2) is 4.79 Å². The third kappa shape index (κ3) is 8.07. The third-order valence-electron chi connectivity index (χ3n) is 2.05. The molecule has 0 spiro atoms. The molecule has 114 valence electrons. The van der Waals surface area contributed by atoms with E-state index in [0.717, 1.165) is 3.70 Å². The van der Waals surface area contributed by atoms with Gasteiger partial charge in [0.05, 0.1) is 0 Å². The van der Waals surface area contributed by atoms with E-state index in [1.54, 1.807) is 12.1 Å². The molecular formula is C12H15IN4O4. The van der Waals surface area contributed by atoms with Crippen LogP contribution in [0, 0.1) is 3.70 Å². The maximum Gasteiger partial charge on any atom is 0.407 e. The lowest BCUT2D eigenvalue weighted by Gasteiger charge is -2.06. The number of hydrogen-bond donors (Lipinski definition) is 2. The minimum absolute atomic E-state index is 0.0820. The minimum Gasteiger partial charge on any atom is -0.473 e. The van der Waals surface area contributed by atoms with Gasteiger partial charge < -0.3 is 20.1 Å². The van der Waals surface area contributed by atoms with Crippen molar-refractivity contribution in [2.45, 2.75) is 0 Å². The lowest BCUT2D eigenvalue weighted by molar-refractivity contribution is -0.116. The van der Waals surface area contributed by atoms with Gasteiger partial charge in [0.15, 0.2) is 0 Å². The van der Waals surface area contributed by atoms with Gasteiger partial charge in [-0.1, -0.05) is 6.08 Å². The fraction of sp³-hybridized carbons (Fsp3) is 0.333. The summed E-state index contributed by atoms with van der Waals surface area (Å²) in [5.74, 6) is 0.130. The molecule has 0 aliphatic heterocycles. The molecular weight excluding hydrogens is 391 g/mol. The van der Waals surface area contributed by atoms with E-state index in [-0.39, 0.29) is 25.7 Å². The summed E-state index contributed by atoms with van der Waals surface area (Å²) in [6.45, 7) is 0.463. The van der Waals surface area contributed by atoms with Gasteiger partial charge >= 0.3 is 6.09 Å². The van der Waals surface area contributed by atoms with E-state index in [0.29, 0.717) is 5.88 Å². The van der Waals surface area contributed by atoms with Crippen LogP contribution in [0.4, 0.5) is 4.79 Å². The number of rotatable bonds is 7. The third-order valence-corrected chi connectivity index (χ3v) is 2.63. The fourth-order valence-corrected chi connectivity index (χ4v) is 1.39. The monoisotopic (exact) mass is 406 g/mol. The maximum atomic E-state index is 11.3. The first-order valence-electron chi connectivity index (χ1n) is 6.02. The van der Waals surface area contributed by atoms with Gasteiger partial charge in [0, 0.05) is 25.7 Å². The van der Waals surface area contributed by atoms with Gasteiger partial charge in [-0.3, -0.25) is 4.79 Å². The standard InChI is InChI=1S/C12H15IN4O4/c1-14-10(18)3-2-6-15-12(19)21-8-7-20-11-5-4-9(13)16-17-11/h2-5H,6-8H2,1H3,(H,14,18)(H,15,19)/b3-2+. The zero-order valence-electron chi connectivity index (χ0n) is 11.3. The van der Waals surface area contributed by atoms with E-state index in [9.17, 15) is 9.59 Å². The lowest BCUT2D eigenvalue weighted by atomic mass is 10.4. The molecule has 21 heavy (non-hydrogen) atoms. The summed E-state index contributed by atoms with van der Waals surface area (Å²) in [5.41, 5.74) is 0. The second kappa shape index (κ2) is 9.91. The van der Waals surface area contributed by atoms with Crippen LogP contribution in [0.5, 0.6) is 5.88 Å². The molecule has 0 atom stereocenters. The largest absolute Gasteiger partial charge is 0.473 e. The Morgan fingerprint density at radius 3 is 2.81 bits per heavy atom. The Morgan fingerprint density at radius 2 is 2.14 bits per heavy atom. The summed E-state index contributed by atoms with van der Waals surface area (Å²) < 4.78 is 10.9. The van der Waals surface area contributed by atoms with Crippen LogP contribution in [0.25, 0.3) is 0 Å². The second-order valence-electron chi connectivity index (χ2n) is 3.58. The predicted molar refractivity (Wildman–Crippen MR) is 82.8 cm³/mol. The van der Waals surface area contributed by atoms with E-state index in [1.807, 2.05) is 22.6 Å². The molecule has 1 aromatic heterocycles. The van der Waals surface area contributed by atoms with Crippen molar-refractivity contribution >= 4 is 34.6 Å². The van der Waals surface area contributed by atoms with Crippen LogP contribution in [-0.2, 0) is 9.53 Å². The van der Waals surface area contributed by atoms with Crippen molar-refractivity contribution in [2.24, 2.45) is 0 Å². The van der Waals surface area contributed by atoms with Crippen LogP contribution in [0.1, 0.15) is 0 Å². The maximum absolute atomic E-state index is 11.3. The zero-order valence-corrected chi connectivity index (χ0v) is 13.5. The minimum atomic E-state index is -0.589. The normalized spacial score (nSPS) is 10.2. The average molecular weight is 406 g/mol. The van der Waals surface area contributed by atoms with E-state index < -0.39 is 6.09 Å². The van der Waals surface area contributed by atoms with Gasteiger partial charge in [0.25, 0.3) is 0 Å². The van der Waals surface area contributed by atoms with E-state index in [2.05, 4.69) is 20.8 Å². The fourth-order valence-electron chi connectivity index (χ4n) is 1.10. The van der Waals surface area contributed by atoms with Crippen molar-refractivity contribution in [3.63, 3.8) is 0 Å². The molecule has 1 heterocycles. The SMILES string of the molecule is CNC(=O)/C=C/CNC(=O)OCCOc1ccc(I)nn1. The Balaban J connectivity index is 2.09. The Morgan fingerprint density at radius 1 is 1.33 bits per heavy atom. The van der Waals surface area contributed by atoms with Crippen LogP contribution in [-0.4, -0.2) is 49.0 Å². The van der Waals surface area contributed by atoms with E-state index in [4.69, 9.17) is 9.47 Å². The molecule has 9 heteroatoms. The van der Waals surface area contributed by atoms with Crippen LogP contribution < -0.4 is 15.4 Å². The molecule has 0 aliphatic rings. The number of carbonyl (C=O) groups is 2. The number of nitrogens with one attached hydrogen (secondary N) is 2. The van der Waals surface area contributed by atoms with Crippen molar-refractivity contribution in [3.05, 3.63) is 28.0 Å². The number of carbonyl (C=O) groups excluding carboxylic acids is 2. The van der Waals surface area contributed by atoms with Crippen molar-refractivity contribution < 1.29 is 19.1 Å². The quantitative estimate of drug-likeness (QED) is 0.388. The zero-order chi connectivity index (χ0) is 15.5. The summed E-state index contributed by atoms with van der Waals surface area (Å²) in [6.07, 6.45) is 2.24. The number of amides is 2. The first-order valence-corrected chi connectivity index (χ1v) is 7.10. The molecule has 0 fully saturated rings. The van der Waals surface area contributed by atoms with Gasteiger partial charge in [0.1, 0.15) is 16.9 Å². The molecule has 0 unspecified atom stereocenters. The van der Waals surface area contributed by atoms with Crippen molar-refractivity contribution in [1.82, 2.24) is 20.8 Å². The summed E-state index contributed by atoms with van der Waals surface area (Å²) >= 11 is 2.04. The van der Waals surface area contributed by atoms with Crippen LogP contribution >= 0.6 is 22.6 Å². The molecule has 0 saturated carbocycles. The Bertz CT molecular complexity index is 493. The highest BCUT2D eigenvalue weighted by Crippen LogP contribution is 2.05. The highest BCUT2D eigenvalue weighted by atomic mass is 127. The van der Waals surface area contributed by atoms with Crippen LogP contribution in [0.3, 0.4) is 0 Å². The van der Waals surface area contributed by atoms with Crippen molar-refractivity contribution in [1.29, 1.82) is 0 Å². The van der Waals surface area contributed by atoms with Gasteiger partial charge in [-0.15, -0.1) is 10.2 Å². The van der Waals surface area contributed by atoms with Gasteiger partial charge in [0.2, 0.25) is 11.8 Å². The highest BCUT2D eigenvalue weighted by Gasteiger charge is 2.01. The molecule has 1 rings (SSSR count). The summed E-state index contributed by atoms with van der Waals surface area (Å²) in [7, 11) is 1.52. The number of aromatic nitrogens is 2. The Hall–Kier alpha value is -1.91. The molecule has 8 nitrogen and oxygen atoms in total. The number of hydrogen-bond acceptors (Lipinski definition) is 6. The Labute approximate surface area is 135 Å². The summed E-state index contributed by atoms with van der Waals surface area (Å²) in [5, 5.41) is 12.5. The summed E-state index contributed by atoms with van der Waals surface area (Å²) in [4.78, 5) is 22.1.